The third-order valence-electron chi connectivity index (χ3n) is 3.61. The summed E-state index contributed by atoms with van der Waals surface area (Å²) in [5, 5.41) is 0. The minimum absolute atomic E-state index is 0.0601. The van der Waals surface area contributed by atoms with Gasteiger partial charge >= 0.3 is 0 Å². The van der Waals surface area contributed by atoms with Crippen LogP contribution >= 0.6 is 11.8 Å². The number of benzene rings is 3. The summed E-state index contributed by atoms with van der Waals surface area (Å²) in [4.78, 5) is 13.6. The van der Waals surface area contributed by atoms with Crippen molar-refractivity contribution in [3.63, 3.8) is 0 Å². The quantitative estimate of drug-likeness (QED) is 0.480. The molecule has 0 fully saturated rings. The fourth-order valence-corrected chi connectivity index (χ4v) is 2.76. The molecule has 3 aromatic carbocycles. The third-order valence-corrected chi connectivity index (χ3v) is 4.35. The first-order valence-electron chi connectivity index (χ1n) is 7.12. The van der Waals surface area contributed by atoms with Gasteiger partial charge in [0.1, 0.15) is 0 Å². The van der Waals surface area contributed by atoms with Gasteiger partial charge in [-0.2, -0.15) is 0 Å². The largest absolute Gasteiger partial charge is 0.289 e. The van der Waals surface area contributed by atoms with Crippen LogP contribution in [0.25, 0.3) is 11.1 Å². The molecule has 0 heterocycles. The maximum absolute atomic E-state index is 12.4. The molecule has 2 heteroatoms. The van der Waals surface area contributed by atoms with E-state index in [2.05, 4.69) is 30.5 Å². The van der Waals surface area contributed by atoms with Gasteiger partial charge in [-0.1, -0.05) is 66.7 Å². The number of carbonyl (C=O) groups excluding carboxylic acids is 1. The van der Waals surface area contributed by atoms with Gasteiger partial charge in [0.05, 0.1) is 0 Å². The molecule has 0 amide bonds. The van der Waals surface area contributed by atoms with Crippen molar-refractivity contribution < 1.29 is 4.79 Å². The predicted molar refractivity (Wildman–Crippen MR) is 93.5 cm³/mol. The van der Waals surface area contributed by atoms with Crippen molar-refractivity contribution in [3.8, 4) is 11.1 Å². The molecule has 0 N–H and O–H groups in total. The molecule has 0 atom stereocenters. The summed E-state index contributed by atoms with van der Waals surface area (Å²) in [5.74, 6) is 0.0601. The lowest BCUT2D eigenvalue weighted by atomic mass is 9.99. The number of rotatable bonds is 4. The molecule has 108 valence electrons. The topological polar surface area (TPSA) is 17.1 Å². The number of ketones is 1. The molecule has 0 spiro atoms. The second kappa shape index (κ2) is 6.63. The first-order chi connectivity index (χ1) is 10.8. The van der Waals surface area contributed by atoms with Gasteiger partial charge in [-0.25, -0.2) is 0 Å². The van der Waals surface area contributed by atoms with Crippen molar-refractivity contribution in [2.24, 2.45) is 0 Å². The number of thioether (sulfide) groups is 1. The number of hydrogen-bond acceptors (Lipinski definition) is 2. The van der Waals surface area contributed by atoms with E-state index in [0.717, 1.165) is 22.3 Å². The monoisotopic (exact) mass is 304 g/mol. The maximum atomic E-state index is 12.4. The molecule has 0 saturated heterocycles. The van der Waals surface area contributed by atoms with Crippen LogP contribution in [0.2, 0.25) is 0 Å². The van der Waals surface area contributed by atoms with Crippen LogP contribution in [0.15, 0.2) is 83.8 Å². The summed E-state index contributed by atoms with van der Waals surface area (Å²) < 4.78 is 0. The van der Waals surface area contributed by atoms with Crippen molar-refractivity contribution in [1.29, 1.82) is 0 Å². The van der Waals surface area contributed by atoms with Gasteiger partial charge in [0.25, 0.3) is 0 Å². The van der Waals surface area contributed by atoms with E-state index in [1.807, 2.05) is 54.6 Å². The van der Waals surface area contributed by atoms with Crippen LogP contribution in [0.1, 0.15) is 15.9 Å². The molecular formula is C20H16OS. The third kappa shape index (κ3) is 3.12. The van der Waals surface area contributed by atoms with Crippen LogP contribution in [-0.4, -0.2) is 12.0 Å². The molecule has 3 rings (SSSR count). The molecule has 3 aromatic rings. The Hall–Kier alpha value is -2.32. The molecule has 0 aliphatic heterocycles. The second-order valence-corrected chi connectivity index (χ2v) is 5.88. The number of hydrogen-bond donors (Lipinski definition) is 0. The van der Waals surface area contributed by atoms with Crippen LogP contribution in [0, 0.1) is 0 Å². The van der Waals surface area contributed by atoms with Crippen LogP contribution in [0.4, 0.5) is 0 Å². The van der Waals surface area contributed by atoms with Gasteiger partial charge in [-0.05, 0) is 29.5 Å². The highest BCUT2D eigenvalue weighted by molar-refractivity contribution is 7.98. The van der Waals surface area contributed by atoms with Gasteiger partial charge in [-0.15, -0.1) is 11.8 Å². The Kier molecular flexibility index (Phi) is 4.40. The van der Waals surface area contributed by atoms with Gasteiger partial charge in [0, 0.05) is 16.0 Å². The van der Waals surface area contributed by atoms with E-state index in [4.69, 9.17) is 0 Å². The highest BCUT2D eigenvalue weighted by Gasteiger charge is 2.08. The fourth-order valence-electron chi connectivity index (χ4n) is 2.35. The minimum atomic E-state index is 0.0601. The summed E-state index contributed by atoms with van der Waals surface area (Å²) >= 11 is 1.73. The van der Waals surface area contributed by atoms with E-state index >= 15 is 0 Å². The van der Waals surface area contributed by atoms with Crippen molar-refractivity contribution in [2.75, 3.05) is 6.26 Å². The minimum Gasteiger partial charge on any atom is -0.289 e. The average molecular weight is 304 g/mol. The van der Waals surface area contributed by atoms with E-state index in [0.29, 0.717) is 0 Å². The normalized spacial score (nSPS) is 10.4. The highest BCUT2D eigenvalue weighted by atomic mass is 32.2. The Morgan fingerprint density at radius 2 is 1.18 bits per heavy atom. The SMILES string of the molecule is CSc1ccc(-c2ccc(C(=O)c3ccccc3)cc2)cc1. The zero-order valence-corrected chi connectivity index (χ0v) is 13.1. The Bertz CT molecular complexity index is 759. The van der Waals surface area contributed by atoms with Crippen LogP contribution in [0.3, 0.4) is 0 Å². The average Bonchev–Trinajstić information content (AvgIpc) is 2.62. The second-order valence-electron chi connectivity index (χ2n) is 5.00. The van der Waals surface area contributed by atoms with Crippen molar-refractivity contribution >= 4 is 17.5 Å². The van der Waals surface area contributed by atoms with Crippen LogP contribution in [-0.2, 0) is 0 Å². The predicted octanol–water partition coefficient (Wildman–Crippen LogP) is 5.31. The molecule has 22 heavy (non-hydrogen) atoms. The molecule has 1 nitrogen and oxygen atoms in total. The zero-order chi connectivity index (χ0) is 15.4. The van der Waals surface area contributed by atoms with Gasteiger partial charge in [0.15, 0.2) is 5.78 Å². The standard InChI is InChI=1S/C20H16OS/c1-22-19-13-11-16(12-14-19)15-7-9-18(10-8-15)20(21)17-5-3-2-4-6-17/h2-14H,1H3. The lowest BCUT2D eigenvalue weighted by Gasteiger charge is -2.05. The van der Waals surface area contributed by atoms with E-state index in [9.17, 15) is 4.79 Å². The lowest BCUT2D eigenvalue weighted by Crippen LogP contribution is -2.00. The van der Waals surface area contributed by atoms with Crippen LogP contribution in [0.5, 0.6) is 0 Å². The number of carbonyl (C=O) groups is 1. The van der Waals surface area contributed by atoms with E-state index < -0.39 is 0 Å². The van der Waals surface area contributed by atoms with E-state index in [-0.39, 0.29) is 5.78 Å². The summed E-state index contributed by atoms with van der Waals surface area (Å²) in [6.45, 7) is 0. The van der Waals surface area contributed by atoms with Crippen molar-refractivity contribution in [2.45, 2.75) is 4.90 Å². The van der Waals surface area contributed by atoms with Crippen molar-refractivity contribution in [1.82, 2.24) is 0 Å². The van der Waals surface area contributed by atoms with Gasteiger partial charge < -0.3 is 0 Å². The molecule has 0 aromatic heterocycles. The maximum Gasteiger partial charge on any atom is 0.193 e. The Balaban J connectivity index is 1.84. The first-order valence-corrected chi connectivity index (χ1v) is 8.34. The Morgan fingerprint density at radius 3 is 1.73 bits per heavy atom. The van der Waals surface area contributed by atoms with Crippen molar-refractivity contribution in [3.05, 3.63) is 90.0 Å². The molecule has 0 aliphatic rings. The molecule has 0 radical (unpaired) electrons. The smallest absolute Gasteiger partial charge is 0.193 e. The lowest BCUT2D eigenvalue weighted by molar-refractivity contribution is 0.103. The van der Waals surface area contributed by atoms with Gasteiger partial charge in [0.2, 0.25) is 0 Å². The molecule has 0 aliphatic carbocycles. The fraction of sp³-hybridized carbons (Fsp3) is 0.0500. The summed E-state index contributed by atoms with van der Waals surface area (Å²) in [5.41, 5.74) is 3.73. The molecule has 0 bridgehead atoms. The highest BCUT2D eigenvalue weighted by Crippen LogP contribution is 2.24. The molecular weight excluding hydrogens is 288 g/mol. The zero-order valence-electron chi connectivity index (χ0n) is 12.3. The van der Waals surface area contributed by atoms with E-state index in [1.54, 1.807) is 11.8 Å². The van der Waals surface area contributed by atoms with E-state index in [1.165, 1.54) is 4.90 Å². The first kappa shape index (κ1) is 14.6. The molecule has 0 unspecified atom stereocenters. The van der Waals surface area contributed by atoms with Crippen LogP contribution < -0.4 is 0 Å². The summed E-state index contributed by atoms with van der Waals surface area (Å²) in [6.07, 6.45) is 2.07. The summed E-state index contributed by atoms with van der Waals surface area (Å²) in [7, 11) is 0. The summed E-state index contributed by atoms with van der Waals surface area (Å²) in [6, 6.07) is 25.6. The van der Waals surface area contributed by atoms with Gasteiger partial charge in [-0.3, -0.25) is 4.79 Å². The Labute approximate surface area is 135 Å². The Morgan fingerprint density at radius 1 is 0.682 bits per heavy atom. The molecule has 0 saturated carbocycles.